The monoisotopic (exact) mass is 227 g/mol. The Bertz CT molecular complexity index is 516. The molecule has 0 aliphatic carbocycles. The van der Waals surface area contributed by atoms with E-state index < -0.39 is 0 Å². The molecule has 2 atom stereocenters. The van der Waals surface area contributed by atoms with Crippen LogP contribution in [0.1, 0.15) is 26.3 Å². The minimum atomic E-state index is 0.471. The Labute approximate surface area is 101 Å². The van der Waals surface area contributed by atoms with Crippen LogP contribution in [-0.2, 0) is 0 Å². The SMILES string of the molecule is CC1CC(C)n2ncc(-c3ccccc3)c2N1. The molecular formula is C14H17N3. The van der Waals surface area contributed by atoms with Crippen molar-refractivity contribution in [2.75, 3.05) is 5.32 Å². The van der Waals surface area contributed by atoms with Crippen LogP contribution in [-0.4, -0.2) is 15.8 Å². The molecule has 1 aromatic carbocycles. The van der Waals surface area contributed by atoms with Gasteiger partial charge in [0.25, 0.3) is 0 Å². The van der Waals surface area contributed by atoms with Gasteiger partial charge >= 0.3 is 0 Å². The lowest BCUT2D eigenvalue weighted by molar-refractivity contribution is 0.414. The third kappa shape index (κ3) is 1.71. The average molecular weight is 227 g/mol. The lowest BCUT2D eigenvalue weighted by Gasteiger charge is -2.28. The van der Waals surface area contributed by atoms with Gasteiger partial charge in [-0.3, -0.25) is 0 Å². The lowest BCUT2D eigenvalue weighted by atomic mass is 10.0. The third-order valence-electron chi connectivity index (χ3n) is 3.38. The molecule has 1 N–H and O–H groups in total. The highest BCUT2D eigenvalue weighted by Gasteiger charge is 2.24. The van der Waals surface area contributed by atoms with Gasteiger partial charge in [-0.05, 0) is 25.8 Å². The van der Waals surface area contributed by atoms with Crippen molar-refractivity contribution in [3.8, 4) is 11.1 Å². The zero-order chi connectivity index (χ0) is 11.8. The summed E-state index contributed by atoms with van der Waals surface area (Å²) in [6.07, 6.45) is 3.09. The molecule has 3 nitrogen and oxygen atoms in total. The van der Waals surface area contributed by atoms with Gasteiger partial charge in [0.1, 0.15) is 5.82 Å². The molecule has 1 aromatic heterocycles. The molecule has 3 rings (SSSR count). The van der Waals surface area contributed by atoms with E-state index in [4.69, 9.17) is 0 Å². The van der Waals surface area contributed by atoms with E-state index in [2.05, 4.69) is 53.2 Å². The molecule has 17 heavy (non-hydrogen) atoms. The summed E-state index contributed by atoms with van der Waals surface area (Å²) in [6.45, 7) is 4.45. The van der Waals surface area contributed by atoms with Gasteiger partial charge in [0.05, 0.1) is 12.2 Å². The van der Waals surface area contributed by atoms with Crippen LogP contribution in [0.4, 0.5) is 5.82 Å². The van der Waals surface area contributed by atoms with Crippen molar-refractivity contribution in [2.24, 2.45) is 0 Å². The second-order valence-corrected chi connectivity index (χ2v) is 4.85. The molecular weight excluding hydrogens is 210 g/mol. The number of rotatable bonds is 1. The van der Waals surface area contributed by atoms with Crippen LogP contribution >= 0.6 is 0 Å². The molecule has 0 amide bonds. The third-order valence-corrected chi connectivity index (χ3v) is 3.38. The summed E-state index contributed by atoms with van der Waals surface area (Å²) in [5, 5.41) is 8.04. The van der Waals surface area contributed by atoms with Crippen molar-refractivity contribution < 1.29 is 0 Å². The minimum absolute atomic E-state index is 0.471. The number of anilines is 1. The Balaban J connectivity index is 2.09. The van der Waals surface area contributed by atoms with E-state index in [1.807, 2.05) is 12.3 Å². The highest BCUT2D eigenvalue weighted by Crippen LogP contribution is 2.34. The smallest absolute Gasteiger partial charge is 0.132 e. The van der Waals surface area contributed by atoms with E-state index in [9.17, 15) is 0 Å². The van der Waals surface area contributed by atoms with Crippen LogP contribution in [0.2, 0.25) is 0 Å². The Morgan fingerprint density at radius 3 is 2.76 bits per heavy atom. The Hall–Kier alpha value is -1.77. The van der Waals surface area contributed by atoms with Crippen molar-refractivity contribution in [2.45, 2.75) is 32.4 Å². The molecule has 3 heteroatoms. The second kappa shape index (κ2) is 3.91. The Morgan fingerprint density at radius 1 is 1.24 bits per heavy atom. The number of nitrogens with zero attached hydrogens (tertiary/aromatic N) is 2. The van der Waals surface area contributed by atoms with Gasteiger partial charge in [-0.15, -0.1) is 0 Å². The van der Waals surface area contributed by atoms with Crippen molar-refractivity contribution >= 4 is 5.82 Å². The van der Waals surface area contributed by atoms with Crippen LogP contribution in [0.5, 0.6) is 0 Å². The number of fused-ring (bicyclic) bond motifs is 1. The fourth-order valence-electron chi connectivity index (χ4n) is 2.57. The van der Waals surface area contributed by atoms with Crippen molar-refractivity contribution in [1.29, 1.82) is 0 Å². The van der Waals surface area contributed by atoms with E-state index in [0.717, 1.165) is 12.2 Å². The first kappa shape index (κ1) is 10.4. The summed E-state index contributed by atoms with van der Waals surface area (Å²) < 4.78 is 2.10. The average Bonchev–Trinajstić information content (AvgIpc) is 2.74. The van der Waals surface area contributed by atoms with Crippen LogP contribution in [0.25, 0.3) is 11.1 Å². The largest absolute Gasteiger partial charge is 0.367 e. The van der Waals surface area contributed by atoms with Crippen LogP contribution in [0, 0.1) is 0 Å². The van der Waals surface area contributed by atoms with Crippen molar-refractivity contribution in [3.05, 3.63) is 36.5 Å². The Morgan fingerprint density at radius 2 is 2.00 bits per heavy atom. The topological polar surface area (TPSA) is 29.9 Å². The first-order chi connectivity index (χ1) is 8.25. The molecule has 0 bridgehead atoms. The molecule has 0 spiro atoms. The molecule has 88 valence electrons. The number of aromatic nitrogens is 2. The van der Waals surface area contributed by atoms with E-state index in [0.29, 0.717) is 12.1 Å². The van der Waals surface area contributed by atoms with Gasteiger partial charge in [-0.1, -0.05) is 30.3 Å². The highest BCUT2D eigenvalue weighted by atomic mass is 15.4. The maximum absolute atomic E-state index is 4.50. The standard InChI is InChI=1S/C14H17N3/c1-10-8-11(2)17-14(16-10)13(9-15-17)12-6-4-3-5-7-12/h3-7,9-11,16H,8H2,1-2H3. The molecule has 1 aliphatic rings. The van der Waals surface area contributed by atoms with Crippen LogP contribution in [0.3, 0.4) is 0 Å². The van der Waals surface area contributed by atoms with Gasteiger partial charge < -0.3 is 5.32 Å². The van der Waals surface area contributed by atoms with E-state index >= 15 is 0 Å². The van der Waals surface area contributed by atoms with E-state index in [-0.39, 0.29) is 0 Å². The molecule has 1 aliphatic heterocycles. The zero-order valence-corrected chi connectivity index (χ0v) is 10.2. The number of nitrogens with one attached hydrogen (secondary N) is 1. The summed E-state index contributed by atoms with van der Waals surface area (Å²) in [5.74, 6) is 1.16. The van der Waals surface area contributed by atoms with E-state index in [1.54, 1.807) is 0 Å². The molecule has 2 aromatic rings. The van der Waals surface area contributed by atoms with E-state index in [1.165, 1.54) is 11.1 Å². The summed E-state index contributed by atoms with van der Waals surface area (Å²) in [4.78, 5) is 0. The summed E-state index contributed by atoms with van der Waals surface area (Å²) >= 11 is 0. The number of hydrogen-bond donors (Lipinski definition) is 1. The van der Waals surface area contributed by atoms with Gasteiger partial charge in [0, 0.05) is 11.6 Å². The highest BCUT2D eigenvalue weighted by molar-refractivity contribution is 5.75. The minimum Gasteiger partial charge on any atom is -0.367 e. The first-order valence-corrected chi connectivity index (χ1v) is 6.15. The molecule has 0 saturated carbocycles. The maximum Gasteiger partial charge on any atom is 0.132 e. The molecule has 0 radical (unpaired) electrons. The van der Waals surface area contributed by atoms with Gasteiger partial charge in [0.2, 0.25) is 0 Å². The molecule has 2 unspecified atom stereocenters. The van der Waals surface area contributed by atoms with Crippen molar-refractivity contribution in [3.63, 3.8) is 0 Å². The maximum atomic E-state index is 4.50. The van der Waals surface area contributed by atoms with Gasteiger partial charge in [-0.25, -0.2) is 4.68 Å². The lowest BCUT2D eigenvalue weighted by Crippen LogP contribution is -2.28. The van der Waals surface area contributed by atoms with Gasteiger partial charge in [0.15, 0.2) is 0 Å². The molecule has 0 fully saturated rings. The molecule has 0 saturated heterocycles. The fraction of sp³-hybridized carbons (Fsp3) is 0.357. The van der Waals surface area contributed by atoms with Crippen LogP contribution < -0.4 is 5.32 Å². The normalized spacial score (nSPS) is 22.9. The first-order valence-electron chi connectivity index (χ1n) is 6.15. The Kier molecular flexibility index (Phi) is 2.39. The summed E-state index contributed by atoms with van der Waals surface area (Å²) in [5.41, 5.74) is 2.42. The summed E-state index contributed by atoms with van der Waals surface area (Å²) in [6, 6.07) is 11.4. The fourth-order valence-corrected chi connectivity index (χ4v) is 2.57. The number of hydrogen-bond acceptors (Lipinski definition) is 2. The predicted octanol–water partition coefficient (Wildman–Crippen LogP) is 3.32. The van der Waals surface area contributed by atoms with Crippen molar-refractivity contribution in [1.82, 2.24) is 9.78 Å². The van der Waals surface area contributed by atoms with Gasteiger partial charge in [-0.2, -0.15) is 5.10 Å². The quantitative estimate of drug-likeness (QED) is 0.810. The number of benzene rings is 1. The molecule has 2 heterocycles. The zero-order valence-electron chi connectivity index (χ0n) is 10.2. The van der Waals surface area contributed by atoms with Crippen LogP contribution in [0.15, 0.2) is 36.5 Å². The summed E-state index contributed by atoms with van der Waals surface area (Å²) in [7, 11) is 0. The second-order valence-electron chi connectivity index (χ2n) is 4.85. The predicted molar refractivity (Wildman–Crippen MR) is 70.1 cm³/mol.